The average Bonchev–Trinajstić information content (AvgIpc) is 3.08. The first-order valence-corrected chi connectivity index (χ1v) is 8.44. The van der Waals surface area contributed by atoms with Gasteiger partial charge in [-0.05, 0) is 23.6 Å². The summed E-state index contributed by atoms with van der Waals surface area (Å²) in [7, 11) is 0. The molecule has 7 heteroatoms. The molecule has 1 aromatic heterocycles. The van der Waals surface area contributed by atoms with Gasteiger partial charge >= 0.3 is 6.03 Å². The number of carbonyl (C=O) groups is 1. The van der Waals surface area contributed by atoms with Crippen molar-refractivity contribution in [3.8, 4) is 6.07 Å². The summed E-state index contributed by atoms with van der Waals surface area (Å²) in [5.74, 6) is 0. The highest BCUT2D eigenvalue weighted by Crippen LogP contribution is 2.31. The number of hydrogen-bond donors (Lipinski definition) is 2. The maximum atomic E-state index is 12.8. The fraction of sp³-hybridized carbons (Fsp3) is 0.389. The summed E-state index contributed by atoms with van der Waals surface area (Å²) in [5, 5.41) is 26.5. The van der Waals surface area contributed by atoms with Crippen molar-refractivity contribution in [1.29, 1.82) is 5.26 Å². The minimum atomic E-state index is -0.607. The van der Waals surface area contributed by atoms with E-state index in [9.17, 15) is 9.90 Å². The number of aliphatic hydroxyl groups excluding tert-OH is 1. The minimum Gasteiger partial charge on any atom is -0.390 e. The number of rotatable bonds is 1. The Hall–Kier alpha value is -2.85. The van der Waals surface area contributed by atoms with E-state index in [4.69, 9.17) is 5.26 Å². The highest BCUT2D eigenvalue weighted by atomic mass is 16.3. The molecule has 2 heterocycles. The van der Waals surface area contributed by atoms with Crippen LogP contribution in [0.5, 0.6) is 0 Å². The summed E-state index contributed by atoms with van der Waals surface area (Å²) >= 11 is 0. The molecule has 2 N–H and O–H groups in total. The summed E-state index contributed by atoms with van der Waals surface area (Å²) in [4.78, 5) is 14.5. The molecule has 0 radical (unpaired) electrons. The van der Waals surface area contributed by atoms with E-state index < -0.39 is 6.10 Å². The number of hydrogen-bond acceptors (Lipinski definition) is 4. The second kappa shape index (κ2) is 6.22. The van der Waals surface area contributed by atoms with Crippen LogP contribution in [0.1, 0.15) is 35.0 Å². The molecule has 2 atom stereocenters. The lowest BCUT2D eigenvalue weighted by Gasteiger charge is -2.25. The Balaban J connectivity index is 1.51. The number of nitrogens with zero attached hydrogens (tertiary/aromatic N) is 4. The number of aryl methyl sites for hydroxylation is 1. The van der Waals surface area contributed by atoms with E-state index in [0.29, 0.717) is 31.7 Å². The van der Waals surface area contributed by atoms with E-state index in [1.807, 2.05) is 30.3 Å². The number of benzene rings is 1. The molecule has 2 amide bonds. The summed E-state index contributed by atoms with van der Waals surface area (Å²) in [6, 6.07) is 11.0. The summed E-state index contributed by atoms with van der Waals surface area (Å²) in [6.45, 7) is 1.71. The van der Waals surface area contributed by atoms with Crippen LogP contribution >= 0.6 is 0 Å². The predicted molar refractivity (Wildman–Crippen MR) is 89.4 cm³/mol. The molecular weight excluding hydrogens is 318 g/mol. The molecule has 0 saturated heterocycles. The van der Waals surface area contributed by atoms with Crippen molar-refractivity contribution in [3.63, 3.8) is 0 Å². The summed E-state index contributed by atoms with van der Waals surface area (Å²) in [6.07, 6.45) is 0.722. The lowest BCUT2D eigenvalue weighted by molar-refractivity contribution is 0.133. The second-order valence-corrected chi connectivity index (χ2v) is 6.53. The number of carbonyl (C=O) groups excluding carboxylic acids is 1. The zero-order valence-electron chi connectivity index (χ0n) is 13.7. The first kappa shape index (κ1) is 15.7. The van der Waals surface area contributed by atoms with Gasteiger partial charge < -0.3 is 15.3 Å². The van der Waals surface area contributed by atoms with Crippen LogP contribution in [-0.2, 0) is 19.5 Å². The third kappa shape index (κ3) is 2.85. The predicted octanol–water partition coefficient (Wildman–Crippen LogP) is 1.33. The number of fused-ring (bicyclic) bond motifs is 2. The first-order valence-electron chi connectivity index (χ1n) is 8.44. The van der Waals surface area contributed by atoms with Crippen LogP contribution in [0.2, 0.25) is 0 Å². The van der Waals surface area contributed by atoms with Crippen molar-refractivity contribution in [1.82, 2.24) is 20.0 Å². The van der Waals surface area contributed by atoms with E-state index in [1.165, 1.54) is 0 Å². The monoisotopic (exact) mass is 337 g/mol. The van der Waals surface area contributed by atoms with E-state index in [0.717, 1.165) is 23.2 Å². The molecule has 2 unspecified atom stereocenters. The van der Waals surface area contributed by atoms with Crippen LogP contribution in [0.15, 0.2) is 30.3 Å². The lowest BCUT2D eigenvalue weighted by atomic mass is 10.1. The molecule has 0 bridgehead atoms. The Morgan fingerprint density at radius 2 is 2.20 bits per heavy atom. The van der Waals surface area contributed by atoms with Gasteiger partial charge in [-0.2, -0.15) is 10.4 Å². The molecule has 128 valence electrons. The van der Waals surface area contributed by atoms with Gasteiger partial charge in [0.15, 0.2) is 5.69 Å². The van der Waals surface area contributed by atoms with Crippen molar-refractivity contribution < 1.29 is 9.90 Å². The van der Waals surface area contributed by atoms with Crippen LogP contribution in [0.25, 0.3) is 0 Å². The number of urea groups is 1. The third-order valence-electron chi connectivity index (χ3n) is 4.90. The Morgan fingerprint density at radius 1 is 1.36 bits per heavy atom. The molecule has 0 spiro atoms. The fourth-order valence-electron chi connectivity index (χ4n) is 3.66. The second-order valence-electron chi connectivity index (χ2n) is 6.53. The molecular formula is C18H19N5O2. The number of nitriles is 1. The normalized spacial score (nSPS) is 21.8. The van der Waals surface area contributed by atoms with Gasteiger partial charge in [0.25, 0.3) is 0 Å². The van der Waals surface area contributed by atoms with E-state index in [2.05, 4.69) is 10.4 Å². The molecule has 7 nitrogen and oxygen atoms in total. The van der Waals surface area contributed by atoms with Gasteiger partial charge in [0.05, 0.1) is 24.4 Å². The molecule has 1 aliphatic carbocycles. The molecule has 1 aromatic carbocycles. The maximum absolute atomic E-state index is 12.8. The Labute approximate surface area is 145 Å². The smallest absolute Gasteiger partial charge is 0.318 e. The molecule has 1 aliphatic heterocycles. The highest BCUT2D eigenvalue weighted by Gasteiger charge is 2.33. The van der Waals surface area contributed by atoms with E-state index >= 15 is 0 Å². The molecule has 0 saturated carbocycles. The Bertz CT molecular complexity index is 853. The third-order valence-corrected chi connectivity index (χ3v) is 4.90. The van der Waals surface area contributed by atoms with Crippen molar-refractivity contribution in [2.75, 3.05) is 6.54 Å². The summed E-state index contributed by atoms with van der Waals surface area (Å²) in [5.41, 5.74) is 3.29. The SMILES string of the molecule is N#Cc1cc2n(n1)CCCN(C(=O)NC1c3ccccc3CC1O)C2. The van der Waals surface area contributed by atoms with E-state index in [-0.39, 0.29) is 12.1 Å². The molecule has 4 rings (SSSR count). The number of nitrogens with one attached hydrogen (secondary N) is 1. The standard InChI is InChI=1S/C18H19N5O2/c19-10-13-9-14-11-22(6-3-7-23(14)21-13)18(25)20-17-15-5-2-1-4-12(15)8-16(17)24/h1-2,4-5,9,16-17,24H,3,6-8,11H2,(H,20,25). The average molecular weight is 337 g/mol. The van der Waals surface area contributed by atoms with Gasteiger partial charge in [-0.15, -0.1) is 0 Å². The summed E-state index contributed by atoms with van der Waals surface area (Å²) < 4.78 is 1.80. The van der Waals surface area contributed by atoms with Crippen molar-refractivity contribution in [3.05, 3.63) is 52.8 Å². The van der Waals surface area contributed by atoms with Crippen molar-refractivity contribution in [2.45, 2.75) is 38.1 Å². The van der Waals surface area contributed by atoms with Crippen LogP contribution < -0.4 is 5.32 Å². The van der Waals surface area contributed by atoms with Gasteiger partial charge in [-0.25, -0.2) is 4.79 Å². The minimum absolute atomic E-state index is 0.200. The number of aromatic nitrogens is 2. The van der Waals surface area contributed by atoms with Gasteiger partial charge in [0.2, 0.25) is 0 Å². The zero-order valence-corrected chi connectivity index (χ0v) is 13.7. The largest absolute Gasteiger partial charge is 0.390 e. The van der Waals surface area contributed by atoms with Crippen LogP contribution in [0.4, 0.5) is 4.79 Å². The molecule has 25 heavy (non-hydrogen) atoms. The maximum Gasteiger partial charge on any atom is 0.318 e. The van der Waals surface area contributed by atoms with Crippen molar-refractivity contribution >= 4 is 6.03 Å². The van der Waals surface area contributed by atoms with Crippen molar-refractivity contribution in [2.24, 2.45) is 0 Å². The Morgan fingerprint density at radius 3 is 3.04 bits per heavy atom. The number of aliphatic hydroxyl groups is 1. The van der Waals surface area contributed by atoms with Gasteiger partial charge in [0.1, 0.15) is 6.07 Å². The van der Waals surface area contributed by atoms with Gasteiger partial charge in [0, 0.05) is 19.5 Å². The van der Waals surface area contributed by atoms with Gasteiger partial charge in [-0.3, -0.25) is 4.68 Å². The molecule has 0 fully saturated rings. The van der Waals surface area contributed by atoms with Gasteiger partial charge in [-0.1, -0.05) is 24.3 Å². The highest BCUT2D eigenvalue weighted by molar-refractivity contribution is 5.75. The quantitative estimate of drug-likeness (QED) is 0.821. The van der Waals surface area contributed by atoms with Crippen LogP contribution in [0, 0.1) is 11.3 Å². The lowest BCUT2D eigenvalue weighted by Crippen LogP contribution is -2.43. The van der Waals surface area contributed by atoms with Crippen LogP contribution in [0.3, 0.4) is 0 Å². The first-order chi connectivity index (χ1) is 12.2. The molecule has 2 aromatic rings. The Kier molecular flexibility index (Phi) is 3.90. The topological polar surface area (TPSA) is 94.2 Å². The van der Waals surface area contributed by atoms with E-state index in [1.54, 1.807) is 15.6 Å². The molecule has 2 aliphatic rings. The fourth-order valence-corrected chi connectivity index (χ4v) is 3.66. The zero-order chi connectivity index (χ0) is 17.4. The number of amides is 2. The van der Waals surface area contributed by atoms with Crippen LogP contribution in [-0.4, -0.2) is 38.5 Å².